The van der Waals surface area contributed by atoms with Gasteiger partial charge in [-0.3, -0.25) is 0 Å². The van der Waals surface area contributed by atoms with Gasteiger partial charge in [-0.1, -0.05) is 6.92 Å². The number of hydrogen-bond acceptors (Lipinski definition) is 4. The van der Waals surface area contributed by atoms with E-state index in [9.17, 15) is 0 Å². The highest BCUT2D eigenvalue weighted by molar-refractivity contribution is 4.79. The summed E-state index contributed by atoms with van der Waals surface area (Å²) in [7, 11) is 0. The molecule has 4 saturated heterocycles. The Morgan fingerprint density at radius 2 is 0.893 bits per heavy atom. The summed E-state index contributed by atoms with van der Waals surface area (Å²) in [5, 5.41) is 0. The van der Waals surface area contributed by atoms with Gasteiger partial charge in [0.1, 0.15) is 0 Å². The molecule has 0 aromatic rings. The van der Waals surface area contributed by atoms with E-state index >= 15 is 0 Å². The van der Waals surface area contributed by atoms with E-state index in [0.717, 1.165) is 44.2 Å². The third-order valence-corrected chi connectivity index (χ3v) is 7.35. The van der Waals surface area contributed by atoms with Gasteiger partial charge in [0.25, 0.3) is 0 Å². The Kier molecular flexibility index (Phi) is 9.08. The average molecular weight is 397 g/mol. The summed E-state index contributed by atoms with van der Waals surface area (Å²) in [5.74, 6) is 2.95. The highest BCUT2D eigenvalue weighted by Crippen LogP contribution is 2.32. The summed E-state index contributed by atoms with van der Waals surface area (Å²) in [6.07, 6.45) is 12.1. The van der Waals surface area contributed by atoms with Crippen molar-refractivity contribution in [2.24, 2.45) is 23.7 Å². The predicted octanol–water partition coefficient (Wildman–Crippen LogP) is 5.23. The Morgan fingerprint density at radius 3 is 1.25 bits per heavy atom. The van der Waals surface area contributed by atoms with Crippen LogP contribution >= 0.6 is 0 Å². The third-order valence-electron chi connectivity index (χ3n) is 7.35. The van der Waals surface area contributed by atoms with E-state index in [2.05, 4.69) is 27.7 Å². The Morgan fingerprint density at radius 1 is 0.429 bits per heavy atom. The lowest BCUT2D eigenvalue weighted by atomic mass is 9.82. The Bertz CT molecular complexity index is 330. The van der Waals surface area contributed by atoms with Gasteiger partial charge in [-0.05, 0) is 89.9 Å². The lowest BCUT2D eigenvalue weighted by Gasteiger charge is -2.36. The molecular weight excluding hydrogens is 352 g/mol. The highest BCUT2D eigenvalue weighted by Gasteiger charge is 2.31. The van der Waals surface area contributed by atoms with Crippen molar-refractivity contribution in [3.05, 3.63) is 0 Å². The van der Waals surface area contributed by atoms with Crippen molar-refractivity contribution in [1.82, 2.24) is 0 Å². The first-order chi connectivity index (χ1) is 13.5. The molecule has 0 amide bonds. The van der Waals surface area contributed by atoms with Crippen LogP contribution in [0.15, 0.2) is 0 Å². The summed E-state index contributed by atoms with van der Waals surface area (Å²) in [4.78, 5) is 0. The molecular formula is C24H44O4. The van der Waals surface area contributed by atoms with Crippen LogP contribution in [-0.4, -0.2) is 50.8 Å². The molecule has 4 heteroatoms. The molecule has 0 aromatic carbocycles. The predicted molar refractivity (Wildman–Crippen MR) is 113 cm³/mol. The normalized spacial score (nSPS) is 45.0. The summed E-state index contributed by atoms with van der Waals surface area (Å²) >= 11 is 0. The van der Waals surface area contributed by atoms with Crippen LogP contribution in [-0.2, 0) is 18.9 Å². The molecule has 4 aliphatic rings. The third kappa shape index (κ3) is 6.97. The smallest absolute Gasteiger partial charge is 0.0625 e. The quantitative estimate of drug-likeness (QED) is 0.640. The van der Waals surface area contributed by atoms with Gasteiger partial charge in [0.2, 0.25) is 0 Å². The van der Waals surface area contributed by atoms with E-state index in [1.807, 2.05) is 0 Å². The maximum absolute atomic E-state index is 5.88. The molecule has 4 fully saturated rings. The van der Waals surface area contributed by atoms with Crippen LogP contribution in [0.4, 0.5) is 0 Å². The second kappa shape index (κ2) is 11.3. The molecule has 0 saturated carbocycles. The Balaban J connectivity index is 0.000000161. The second-order valence-electron chi connectivity index (χ2n) is 10.00. The Hall–Kier alpha value is -0.160. The summed E-state index contributed by atoms with van der Waals surface area (Å²) in [6.45, 7) is 12.6. The van der Waals surface area contributed by atoms with E-state index in [1.165, 1.54) is 51.4 Å². The molecule has 164 valence electrons. The molecule has 0 spiro atoms. The van der Waals surface area contributed by atoms with Crippen LogP contribution < -0.4 is 0 Å². The summed E-state index contributed by atoms with van der Waals surface area (Å²) in [5.41, 5.74) is 0. The molecule has 4 nitrogen and oxygen atoms in total. The maximum Gasteiger partial charge on any atom is 0.0625 e. The molecule has 4 heterocycles. The second-order valence-corrected chi connectivity index (χ2v) is 10.00. The summed E-state index contributed by atoms with van der Waals surface area (Å²) in [6, 6.07) is 0. The number of hydrogen-bond donors (Lipinski definition) is 0. The minimum atomic E-state index is 0.466. The molecule has 0 aliphatic carbocycles. The van der Waals surface area contributed by atoms with Crippen LogP contribution in [0.1, 0.15) is 79.1 Å². The van der Waals surface area contributed by atoms with Gasteiger partial charge in [0.15, 0.2) is 0 Å². The van der Waals surface area contributed by atoms with Crippen molar-refractivity contribution >= 4 is 0 Å². The fourth-order valence-electron chi connectivity index (χ4n) is 5.02. The zero-order chi connectivity index (χ0) is 19.9. The Labute approximate surface area is 173 Å². The van der Waals surface area contributed by atoms with E-state index in [-0.39, 0.29) is 0 Å². The highest BCUT2D eigenvalue weighted by atomic mass is 16.5. The van der Waals surface area contributed by atoms with E-state index in [4.69, 9.17) is 18.9 Å². The van der Waals surface area contributed by atoms with Gasteiger partial charge in [0, 0.05) is 12.5 Å². The van der Waals surface area contributed by atoms with Gasteiger partial charge >= 0.3 is 0 Å². The van der Waals surface area contributed by atoms with Gasteiger partial charge < -0.3 is 18.9 Å². The monoisotopic (exact) mass is 396 g/mol. The van der Waals surface area contributed by atoms with Crippen molar-refractivity contribution in [2.75, 3.05) is 26.4 Å². The van der Waals surface area contributed by atoms with Gasteiger partial charge in [0.05, 0.1) is 44.2 Å². The first kappa shape index (κ1) is 22.5. The van der Waals surface area contributed by atoms with Crippen molar-refractivity contribution in [1.29, 1.82) is 0 Å². The number of ether oxygens (including phenoxy) is 4. The van der Waals surface area contributed by atoms with Crippen molar-refractivity contribution < 1.29 is 18.9 Å². The van der Waals surface area contributed by atoms with E-state index in [0.29, 0.717) is 30.3 Å². The zero-order valence-corrected chi connectivity index (χ0v) is 18.7. The lowest BCUT2D eigenvalue weighted by molar-refractivity contribution is -0.0969. The molecule has 0 radical (unpaired) electrons. The minimum absolute atomic E-state index is 0.466. The van der Waals surface area contributed by atoms with Gasteiger partial charge in [-0.15, -0.1) is 0 Å². The first-order valence-electron chi connectivity index (χ1n) is 12.0. The van der Waals surface area contributed by atoms with Crippen LogP contribution in [0.3, 0.4) is 0 Å². The largest absolute Gasteiger partial charge is 0.378 e. The van der Waals surface area contributed by atoms with Gasteiger partial charge in [-0.2, -0.15) is 0 Å². The van der Waals surface area contributed by atoms with Gasteiger partial charge in [-0.25, -0.2) is 0 Å². The first-order valence-corrected chi connectivity index (χ1v) is 12.0. The summed E-state index contributed by atoms with van der Waals surface area (Å²) < 4.78 is 23.0. The molecule has 8 atom stereocenters. The molecule has 4 rings (SSSR count). The molecule has 0 bridgehead atoms. The molecule has 28 heavy (non-hydrogen) atoms. The van der Waals surface area contributed by atoms with E-state index in [1.54, 1.807) is 0 Å². The van der Waals surface area contributed by atoms with Crippen molar-refractivity contribution in [2.45, 2.75) is 103 Å². The van der Waals surface area contributed by atoms with Crippen LogP contribution in [0.2, 0.25) is 0 Å². The van der Waals surface area contributed by atoms with E-state index < -0.39 is 0 Å². The fraction of sp³-hybridized carbons (Fsp3) is 1.00. The number of rotatable bonds is 2. The standard InChI is InChI=1S/2C12H22O2/c1-9-3-6-12(14-7-9)11-5-4-10(2)13-8-11;1-9-3-5-11(7-13-9)12-6-4-10(2)14-8-12/h2*9-12H,3-8H2,1-2H3. The average Bonchev–Trinajstić information content (AvgIpc) is 2.71. The van der Waals surface area contributed by atoms with Crippen LogP contribution in [0.25, 0.3) is 0 Å². The topological polar surface area (TPSA) is 36.9 Å². The van der Waals surface area contributed by atoms with Crippen LogP contribution in [0, 0.1) is 23.7 Å². The lowest BCUT2D eigenvalue weighted by Crippen LogP contribution is -2.37. The minimum Gasteiger partial charge on any atom is -0.378 e. The molecule has 8 unspecified atom stereocenters. The molecule has 4 aliphatic heterocycles. The molecule has 0 aromatic heterocycles. The molecule has 0 N–H and O–H groups in total. The van der Waals surface area contributed by atoms with Crippen molar-refractivity contribution in [3.63, 3.8) is 0 Å². The fourth-order valence-corrected chi connectivity index (χ4v) is 5.02. The zero-order valence-electron chi connectivity index (χ0n) is 18.7. The SMILES string of the molecule is CC1CCC(C2CCC(C)OC2)CO1.CC1CCC(C2CCC(C)OC2)OC1. The maximum atomic E-state index is 5.88. The van der Waals surface area contributed by atoms with Crippen LogP contribution in [0.5, 0.6) is 0 Å². The van der Waals surface area contributed by atoms with Crippen molar-refractivity contribution in [3.8, 4) is 0 Å².